The van der Waals surface area contributed by atoms with Crippen molar-refractivity contribution in [1.82, 2.24) is 0 Å². The van der Waals surface area contributed by atoms with Crippen LogP contribution < -0.4 is 0 Å². The molecule has 2 rings (SSSR count). The van der Waals surface area contributed by atoms with Gasteiger partial charge in [-0.3, -0.25) is 0 Å². The lowest BCUT2D eigenvalue weighted by molar-refractivity contribution is -0.0465. The van der Waals surface area contributed by atoms with Crippen molar-refractivity contribution in [2.24, 2.45) is 17.3 Å². The number of hydrogen-bond donors (Lipinski definition) is 0. The first kappa shape index (κ1) is 11.4. The molecule has 1 saturated carbocycles. The molecule has 1 heterocycles. The number of rotatable bonds is 0. The largest absolute Gasteiger partial charge is 0.375 e. The lowest BCUT2D eigenvalue weighted by Crippen LogP contribution is -2.37. The summed E-state index contributed by atoms with van der Waals surface area (Å²) in [5.74, 6) is 1.69. The Morgan fingerprint density at radius 1 is 1.13 bits per heavy atom. The van der Waals surface area contributed by atoms with Crippen LogP contribution in [0.25, 0.3) is 0 Å². The van der Waals surface area contributed by atoms with Crippen LogP contribution >= 0.6 is 0 Å². The molecule has 88 valence electrons. The van der Waals surface area contributed by atoms with Crippen molar-refractivity contribution in [3.8, 4) is 0 Å². The van der Waals surface area contributed by atoms with E-state index in [1.807, 2.05) is 0 Å². The first-order valence-corrected chi connectivity index (χ1v) is 6.55. The van der Waals surface area contributed by atoms with E-state index >= 15 is 0 Å². The Morgan fingerprint density at radius 2 is 1.73 bits per heavy atom. The highest BCUT2D eigenvalue weighted by atomic mass is 16.5. The molecule has 0 amide bonds. The molecule has 0 bridgehead atoms. The topological polar surface area (TPSA) is 9.23 Å². The predicted octanol–water partition coefficient (Wildman–Crippen LogP) is 4.02. The third-order valence-electron chi connectivity index (χ3n) is 4.52. The van der Waals surface area contributed by atoms with E-state index in [9.17, 15) is 0 Å². The molecule has 1 aliphatic heterocycles. The van der Waals surface area contributed by atoms with Crippen LogP contribution in [0.2, 0.25) is 0 Å². The quantitative estimate of drug-likeness (QED) is 0.587. The Kier molecular flexibility index (Phi) is 2.87. The van der Waals surface area contributed by atoms with E-state index in [2.05, 4.69) is 27.7 Å². The average molecular weight is 210 g/mol. The standard InChI is InChI=1S/C14H26O/c1-11-9-14(15-10-11)7-5-12(6-8-14)13(2,3)4/h11-12H,5-10H2,1-4H3. The van der Waals surface area contributed by atoms with Crippen LogP contribution in [0, 0.1) is 17.3 Å². The Bertz CT molecular complexity index is 218. The molecule has 0 aromatic heterocycles. The predicted molar refractivity (Wildman–Crippen MR) is 63.9 cm³/mol. The minimum Gasteiger partial charge on any atom is -0.375 e. The molecule has 1 aliphatic carbocycles. The van der Waals surface area contributed by atoms with Crippen molar-refractivity contribution in [3.63, 3.8) is 0 Å². The van der Waals surface area contributed by atoms with E-state index < -0.39 is 0 Å². The van der Waals surface area contributed by atoms with Gasteiger partial charge in [-0.25, -0.2) is 0 Å². The van der Waals surface area contributed by atoms with Crippen molar-refractivity contribution in [2.75, 3.05) is 6.61 Å². The van der Waals surface area contributed by atoms with Crippen LogP contribution in [-0.2, 0) is 4.74 Å². The van der Waals surface area contributed by atoms with Gasteiger partial charge in [0.25, 0.3) is 0 Å². The van der Waals surface area contributed by atoms with Crippen LogP contribution in [0.4, 0.5) is 0 Å². The van der Waals surface area contributed by atoms with E-state index in [1.54, 1.807) is 0 Å². The van der Waals surface area contributed by atoms with Gasteiger partial charge >= 0.3 is 0 Å². The molecule has 1 nitrogen and oxygen atoms in total. The molecule has 0 aromatic carbocycles. The second-order valence-corrected chi connectivity index (χ2v) is 6.94. The summed E-state index contributed by atoms with van der Waals surface area (Å²) >= 11 is 0. The van der Waals surface area contributed by atoms with E-state index in [-0.39, 0.29) is 0 Å². The smallest absolute Gasteiger partial charge is 0.0686 e. The fourth-order valence-electron chi connectivity index (χ4n) is 3.43. The molecule has 1 unspecified atom stereocenters. The third-order valence-corrected chi connectivity index (χ3v) is 4.52. The molecule has 1 spiro atoms. The SMILES string of the molecule is CC1COC2(CCC(C(C)(C)C)CC2)C1. The maximum atomic E-state index is 6.05. The van der Waals surface area contributed by atoms with Gasteiger partial charge in [-0.1, -0.05) is 27.7 Å². The summed E-state index contributed by atoms with van der Waals surface area (Å²) in [5, 5.41) is 0. The maximum Gasteiger partial charge on any atom is 0.0686 e. The fourth-order valence-corrected chi connectivity index (χ4v) is 3.43. The van der Waals surface area contributed by atoms with Crippen molar-refractivity contribution < 1.29 is 4.74 Å². The third kappa shape index (κ3) is 2.38. The van der Waals surface area contributed by atoms with Crippen molar-refractivity contribution in [3.05, 3.63) is 0 Å². The van der Waals surface area contributed by atoms with Gasteiger partial charge in [-0.2, -0.15) is 0 Å². The summed E-state index contributed by atoms with van der Waals surface area (Å²) in [6.07, 6.45) is 6.66. The first-order chi connectivity index (χ1) is 6.91. The molecule has 0 radical (unpaired) electrons. The first-order valence-electron chi connectivity index (χ1n) is 6.55. The second-order valence-electron chi connectivity index (χ2n) is 6.94. The molecule has 15 heavy (non-hydrogen) atoms. The Labute approximate surface area is 94.6 Å². The van der Waals surface area contributed by atoms with Crippen molar-refractivity contribution in [1.29, 1.82) is 0 Å². The summed E-state index contributed by atoms with van der Waals surface area (Å²) in [7, 11) is 0. The monoisotopic (exact) mass is 210 g/mol. The summed E-state index contributed by atoms with van der Waals surface area (Å²) in [5.41, 5.74) is 0.785. The molecular weight excluding hydrogens is 184 g/mol. The van der Waals surface area contributed by atoms with Gasteiger partial charge in [0, 0.05) is 6.61 Å². The van der Waals surface area contributed by atoms with Crippen LogP contribution in [0.1, 0.15) is 59.8 Å². The second kappa shape index (κ2) is 3.76. The van der Waals surface area contributed by atoms with Gasteiger partial charge in [-0.15, -0.1) is 0 Å². The maximum absolute atomic E-state index is 6.05. The minimum absolute atomic E-state index is 0.293. The summed E-state index contributed by atoms with van der Waals surface area (Å²) in [6, 6.07) is 0. The molecule has 2 fully saturated rings. The van der Waals surface area contributed by atoms with Gasteiger partial charge in [0.2, 0.25) is 0 Å². The zero-order valence-electron chi connectivity index (χ0n) is 10.8. The lowest BCUT2D eigenvalue weighted by atomic mass is 9.67. The van der Waals surface area contributed by atoms with E-state index in [1.165, 1.54) is 32.1 Å². The van der Waals surface area contributed by atoms with Crippen molar-refractivity contribution >= 4 is 0 Å². The van der Waals surface area contributed by atoms with Crippen LogP contribution in [-0.4, -0.2) is 12.2 Å². The van der Waals surface area contributed by atoms with Crippen LogP contribution in [0.5, 0.6) is 0 Å². The zero-order valence-corrected chi connectivity index (χ0v) is 10.8. The minimum atomic E-state index is 0.293. The molecule has 1 atom stereocenters. The summed E-state index contributed by atoms with van der Waals surface area (Å²) < 4.78 is 6.05. The lowest BCUT2D eigenvalue weighted by Gasteiger charge is -2.41. The van der Waals surface area contributed by atoms with Gasteiger partial charge in [0.1, 0.15) is 0 Å². The molecule has 0 N–H and O–H groups in total. The van der Waals surface area contributed by atoms with Gasteiger partial charge < -0.3 is 4.74 Å². The highest BCUT2D eigenvalue weighted by molar-refractivity contribution is 4.94. The fraction of sp³-hybridized carbons (Fsp3) is 1.00. The summed E-state index contributed by atoms with van der Waals surface area (Å²) in [6.45, 7) is 10.5. The van der Waals surface area contributed by atoms with Gasteiger partial charge in [-0.05, 0) is 49.4 Å². The number of hydrogen-bond acceptors (Lipinski definition) is 1. The van der Waals surface area contributed by atoms with Gasteiger partial charge in [0.15, 0.2) is 0 Å². The van der Waals surface area contributed by atoms with Crippen LogP contribution in [0.15, 0.2) is 0 Å². The highest BCUT2D eigenvalue weighted by Crippen LogP contribution is 2.47. The molecule has 0 aromatic rings. The van der Waals surface area contributed by atoms with Gasteiger partial charge in [0.05, 0.1) is 5.60 Å². The highest BCUT2D eigenvalue weighted by Gasteiger charge is 2.43. The zero-order chi connectivity index (χ0) is 11.1. The Hall–Kier alpha value is -0.0400. The van der Waals surface area contributed by atoms with E-state index in [0.29, 0.717) is 11.0 Å². The van der Waals surface area contributed by atoms with Crippen LogP contribution in [0.3, 0.4) is 0 Å². The molecule has 1 heteroatoms. The van der Waals surface area contributed by atoms with E-state index in [4.69, 9.17) is 4.74 Å². The Morgan fingerprint density at radius 3 is 2.13 bits per heavy atom. The molecule has 1 saturated heterocycles. The summed E-state index contributed by atoms with van der Waals surface area (Å²) in [4.78, 5) is 0. The number of ether oxygens (including phenoxy) is 1. The van der Waals surface area contributed by atoms with Crippen molar-refractivity contribution in [2.45, 2.75) is 65.4 Å². The molecule has 2 aliphatic rings. The Balaban J connectivity index is 1.92. The normalized spacial score (nSPS) is 42.4. The van der Waals surface area contributed by atoms with E-state index in [0.717, 1.165) is 18.4 Å². The average Bonchev–Trinajstić information content (AvgIpc) is 2.47. The molecular formula is C14H26O.